The van der Waals surface area contributed by atoms with Gasteiger partial charge in [0.05, 0.1) is 12.3 Å². The molecule has 1 aliphatic heterocycles. The summed E-state index contributed by atoms with van der Waals surface area (Å²) in [6, 6.07) is 3.66. The average molecular weight is 237 g/mol. The molecule has 0 bridgehead atoms. The van der Waals surface area contributed by atoms with E-state index in [1.807, 2.05) is 12.1 Å². The van der Waals surface area contributed by atoms with E-state index in [0.29, 0.717) is 6.54 Å². The minimum absolute atomic E-state index is 0.132. The second-order valence-corrected chi connectivity index (χ2v) is 4.26. The lowest BCUT2D eigenvalue weighted by Gasteiger charge is -2.12. The van der Waals surface area contributed by atoms with Gasteiger partial charge in [-0.05, 0) is 11.6 Å². The summed E-state index contributed by atoms with van der Waals surface area (Å²) in [5.41, 5.74) is 0.850. The van der Waals surface area contributed by atoms with Crippen LogP contribution in [0.3, 0.4) is 0 Å². The molecule has 0 atom stereocenters. The number of imide groups is 1. The number of carbonyl (C=O) groups excluding carboxylic acids is 2. The van der Waals surface area contributed by atoms with E-state index in [0.717, 1.165) is 23.1 Å². The first-order valence-electron chi connectivity index (χ1n) is 4.80. The zero-order valence-corrected chi connectivity index (χ0v) is 9.58. The van der Waals surface area contributed by atoms with Crippen molar-refractivity contribution < 1.29 is 9.59 Å². The zero-order chi connectivity index (χ0) is 11.5. The molecule has 1 aromatic rings. The summed E-state index contributed by atoms with van der Waals surface area (Å²) in [5, 5.41) is 2.72. The molecule has 1 N–H and O–H groups in total. The second-order valence-electron chi connectivity index (χ2n) is 3.34. The van der Waals surface area contributed by atoms with Gasteiger partial charge in [-0.3, -0.25) is 14.5 Å². The third-order valence-electron chi connectivity index (χ3n) is 2.26. The summed E-state index contributed by atoms with van der Waals surface area (Å²) in [6.07, 6.45) is 1.66. The van der Waals surface area contributed by atoms with Gasteiger partial charge in [0.25, 0.3) is 5.24 Å². The van der Waals surface area contributed by atoms with E-state index in [4.69, 9.17) is 0 Å². The fourth-order valence-electron chi connectivity index (χ4n) is 1.38. The minimum Gasteiger partial charge on any atom is -0.373 e. The van der Waals surface area contributed by atoms with Gasteiger partial charge < -0.3 is 5.32 Å². The largest absolute Gasteiger partial charge is 0.373 e. The number of anilines is 1. The molecule has 0 aliphatic carbocycles. The van der Waals surface area contributed by atoms with Gasteiger partial charge in [-0.2, -0.15) is 0 Å². The molecule has 1 saturated heterocycles. The summed E-state index contributed by atoms with van der Waals surface area (Å²) in [7, 11) is 1.78. The number of carbonyl (C=O) groups is 2. The van der Waals surface area contributed by atoms with Crippen LogP contribution in [0.5, 0.6) is 0 Å². The first-order valence-corrected chi connectivity index (χ1v) is 5.79. The lowest BCUT2D eigenvalue weighted by molar-refractivity contribution is -0.125. The van der Waals surface area contributed by atoms with Gasteiger partial charge in [0.2, 0.25) is 5.91 Å². The van der Waals surface area contributed by atoms with E-state index in [-0.39, 0.29) is 16.9 Å². The standard InChI is InChI=1S/C10H11N3O2S/c1-11-8-3-2-7(4-12-8)5-13-9(14)6-16-10(13)15/h2-4H,5-6H2,1H3,(H,11,12). The maximum absolute atomic E-state index is 11.4. The van der Waals surface area contributed by atoms with E-state index in [1.54, 1.807) is 13.2 Å². The van der Waals surface area contributed by atoms with Crippen molar-refractivity contribution in [2.45, 2.75) is 6.54 Å². The molecule has 84 valence electrons. The zero-order valence-electron chi connectivity index (χ0n) is 8.77. The predicted molar refractivity (Wildman–Crippen MR) is 62.2 cm³/mol. The van der Waals surface area contributed by atoms with Crippen molar-refractivity contribution in [2.75, 3.05) is 18.1 Å². The first kappa shape index (κ1) is 10.9. The maximum Gasteiger partial charge on any atom is 0.289 e. The summed E-state index contributed by atoms with van der Waals surface area (Å²) >= 11 is 1.05. The van der Waals surface area contributed by atoms with Crippen LogP contribution >= 0.6 is 11.8 Å². The highest BCUT2D eigenvalue weighted by Crippen LogP contribution is 2.21. The molecule has 16 heavy (non-hydrogen) atoms. The lowest BCUT2D eigenvalue weighted by Crippen LogP contribution is -2.27. The van der Waals surface area contributed by atoms with Gasteiger partial charge in [-0.25, -0.2) is 4.98 Å². The van der Waals surface area contributed by atoms with E-state index in [1.165, 1.54) is 4.90 Å². The normalized spacial score (nSPS) is 15.7. The molecule has 2 amide bonds. The van der Waals surface area contributed by atoms with Gasteiger partial charge in [-0.15, -0.1) is 0 Å². The Morgan fingerprint density at radius 3 is 2.81 bits per heavy atom. The van der Waals surface area contributed by atoms with Crippen molar-refractivity contribution in [3.8, 4) is 0 Å². The predicted octanol–water partition coefficient (Wildman–Crippen LogP) is 1.32. The smallest absolute Gasteiger partial charge is 0.289 e. The Labute approximate surface area is 97.2 Å². The van der Waals surface area contributed by atoms with Crippen LogP contribution in [0.4, 0.5) is 10.6 Å². The van der Waals surface area contributed by atoms with Gasteiger partial charge in [0.15, 0.2) is 0 Å². The molecule has 2 heterocycles. The van der Waals surface area contributed by atoms with Gasteiger partial charge in [-0.1, -0.05) is 17.8 Å². The number of amides is 2. The van der Waals surface area contributed by atoms with E-state index < -0.39 is 0 Å². The Hall–Kier alpha value is -1.56. The third kappa shape index (κ3) is 2.16. The van der Waals surface area contributed by atoms with Crippen LogP contribution in [0.25, 0.3) is 0 Å². The van der Waals surface area contributed by atoms with Crippen molar-refractivity contribution in [1.29, 1.82) is 0 Å². The van der Waals surface area contributed by atoms with E-state index in [2.05, 4.69) is 10.3 Å². The Bertz CT molecular complexity index is 403. The number of hydrogen-bond donors (Lipinski definition) is 1. The quantitative estimate of drug-likeness (QED) is 0.859. The van der Waals surface area contributed by atoms with Crippen molar-refractivity contribution in [3.05, 3.63) is 23.9 Å². The van der Waals surface area contributed by atoms with Crippen molar-refractivity contribution in [2.24, 2.45) is 0 Å². The highest BCUT2D eigenvalue weighted by Gasteiger charge is 2.29. The Balaban J connectivity index is 2.08. The summed E-state index contributed by atoms with van der Waals surface area (Å²) < 4.78 is 0. The fourth-order valence-corrected chi connectivity index (χ4v) is 2.11. The Morgan fingerprint density at radius 2 is 2.31 bits per heavy atom. The van der Waals surface area contributed by atoms with Crippen LogP contribution in [0.15, 0.2) is 18.3 Å². The number of hydrogen-bond acceptors (Lipinski definition) is 5. The van der Waals surface area contributed by atoms with Gasteiger partial charge >= 0.3 is 0 Å². The first-order chi connectivity index (χ1) is 7.70. The number of pyridine rings is 1. The molecule has 0 saturated carbocycles. The molecule has 0 radical (unpaired) electrons. The molecule has 0 spiro atoms. The molecule has 0 aromatic carbocycles. The average Bonchev–Trinajstić information content (AvgIpc) is 2.62. The van der Waals surface area contributed by atoms with Crippen LogP contribution in [-0.2, 0) is 11.3 Å². The fraction of sp³-hybridized carbons (Fsp3) is 0.300. The molecule has 6 heteroatoms. The molecule has 1 aromatic heterocycles. The third-order valence-corrected chi connectivity index (χ3v) is 3.12. The summed E-state index contributed by atoms with van der Waals surface area (Å²) in [6.45, 7) is 0.307. The SMILES string of the molecule is CNc1ccc(CN2C(=O)CSC2=O)cn1. The molecule has 2 rings (SSSR count). The number of nitrogens with zero attached hydrogens (tertiary/aromatic N) is 2. The van der Waals surface area contributed by atoms with Crippen LogP contribution in [-0.4, -0.2) is 33.8 Å². The van der Waals surface area contributed by atoms with Gasteiger partial charge in [0, 0.05) is 13.2 Å². The highest BCUT2D eigenvalue weighted by molar-refractivity contribution is 8.14. The number of rotatable bonds is 3. The topological polar surface area (TPSA) is 62.3 Å². The highest BCUT2D eigenvalue weighted by atomic mass is 32.2. The van der Waals surface area contributed by atoms with Crippen LogP contribution in [0.2, 0.25) is 0 Å². The Morgan fingerprint density at radius 1 is 1.50 bits per heavy atom. The lowest BCUT2D eigenvalue weighted by atomic mass is 10.2. The van der Waals surface area contributed by atoms with Gasteiger partial charge in [0.1, 0.15) is 5.82 Å². The molecule has 5 nitrogen and oxygen atoms in total. The second kappa shape index (κ2) is 4.52. The van der Waals surface area contributed by atoms with Crippen LogP contribution in [0.1, 0.15) is 5.56 Å². The van der Waals surface area contributed by atoms with Crippen LogP contribution < -0.4 is 5.32 Å². The summed E-state index contributed by atoms with van der Waals surface area (Å²) in [5.74, 6) is 0.880. The van der Waals surface area contributed by atoms with Crippen molar-refractivity contribution in [3.63, 3.8) is 0 Å². The number of aromatic nitrogens is 1. The maximum atomic E-state index is 11.4. The molecular weight excluding hydrogens is 226 g/mol. The number of nitrogens with one attached hydrogen (secondary N) is 1. The molecular formula is C10H11N3O2S. The van der Waals surface area contributed by atoms with Crippen molar-refractivity contribution in [1.82, 2.24) is 9.88 Å². The van der Waals surface area contributed by atoms with Crippen molar-refractivity contribution >= 4 is 28.7 Å². The molecule has 1 fully saturated rings. The van der Waals surface area contributed by atoms with Crippen LogP contribution in [0, 0.1) is 0 Å². The monoisotopic (exact) mass is 237 g/mol. The summed E-state index contributed by atoms with van der Waals surface area (Å²) in [4.78, 5) is 28.1. The van der Waals surface area contributed by atoms with E-state index in [9.17, 15) is 9.59 Å². The Kier molecular flexibility index (Phi) is 3.09. The molecule has 1 aliphatic rings. The number of thioether (sulfide) groups is 1. The van der Waals surface area contributed by atoms with E-state index >= 15 is 0 Å². The molecule has 0 unspecified atom stereocenters. The minimum atomic E-state index is -0.178.